The predicted molar refractivity (Wildman–Crippen MR) is 63.4 cm³/mol. The summed E-state index contributed by atoms with van der Waals surface area (Å²) in [4.78, 5) is 6.71. The first kappa shape index (κ1) is 10.7. The van der Waals surface area contributed by atoms with Crippen molar-refractivity contribution in [2.75, 3.05) is 26.2 Å². The van der Waals surface area contributed by atoms with Crippen LogP contribution in [0.15, 0.2) is 0 Å². The number of ether oxygens (including phenoxy) is 1. The van der Waals surface area contributed by atoms with Crippen LogP contribution in [-0.2, 0) is 4.74 Å². The molecule has 0 radical (unpaired) electrons. The van der Waals surface area contributed by atoms with Crippen molar-refractivity contribution in [2.45, 2.75) is 13.0 Å². The zero-order chi connectivity index (χ0) is 9.97. The van der Waals surface area contributed by atoms with Crippen molar-refractivity contribution in [1.82, 2.24) is 14.3 Å². The summed E-state index contributed by atoms with van der Waals surface area (Å²) >= 11 is 3.62. The van der Waals surface area contributed by atoms with Crippen LogP contribution in [0, 0.1) is 3.01 Å². The van der Waals surface area contributed by atoms with E-state index in [-0.39, 0.29) is 6.10 Å². The van der Waals surface area contributed by atoms with E-state index < -0.39 is 0 Å². The van der Waals surface area contributed by atoms with E-state index in [9.17, 15) is 0 Å². The number of hydrogen-bond acceptors (Lipinski definition) is 5. The highest BCUT2D eigenvalue weighted by molar-refractivity contribution is 14.1. The molecule has 0 bridgehead atoms. The average Bonchev–Trinajstić information content (AvgIpc) is 2.65. The number of nitrogens with zero attached hydrogens (tertiary/aromatic N) is 3. The molecule has 4 nitrogen and oxygen atoms in total. The Kier molecular flexibility index (Phi) is 3.69. The molecule has 1 aliphatic heterocycles. The van der Waals surface area contributed by atoms with Crippen molar-refractivity contribution in [3.63, 3.8) is 0 Å². The van der Waals surface area contributed by atoms with E-state index in [4.69, 9.17) is 4.74 Å². The molecule has 78 valence electrons. The maximum Gasteiger partial charge on any atom is 0.174 e. The van der Waals surface area contributed by atoms with Crippen LogP contribution >= 0.6 is 34.1 Å². The van der Waals surface area contributed by atoms with Gasteiger partial charge in [0.2, 0.25) is 0 Å². The Morgan fingerprint density at radius 3 is 3.21 bits per heavy atom. The monoisotopic (exact) mass is 325 g/mol. The Bertz CT molecular complexity index is 307. The molecule has 0 saturated carbocycles. The highest BCUT2D eigenvalue weighted by atomic mass is 127. The van der Waals surface area contributed by atoms with Crippen LogP contribution in [0.4, 0.5) is 0 Å². The van der Waals surface area contributed by atoms with Gasteiger partial charge in [0.05, 0.1) is 6.61 Å². The minimum atomic E-state index is 0.0727. The van der Waals surface area contributed by atoms with Crippen molar-refractivity contribution >= 4 is 34.1 Å². The summed E-state index contributed by atoms with van der Waals surface area (Å²) in [5, 5.41) is 0. The minimum Gasteiger partial charge on any atom is -0.367 e. The number of likely N-dealkylation sites (N-methyl/N-ethyl adjacent to an activating group) is 1. The van der Waals surface area contributed by atoms with Crippen LogP contribution in [0.3, 0.4) is 0 Å². The first-order valence-corrected chi connectivity index (χ1v) is 6.48. The molecule has 1 unspecified atom stereocenters. The van der Waals surface area contributed by atoms with Gasteiger partial charge in [-0.25, -0.2) is 4.98 Å². The van der Waals surface area contributed by atoms with E-state index in [2.05, 4.69) is 43.8 Å². The Morgan fingerprint density at radius 2 is 2.57 bits per heavy atom. The standard InChI is InChI=1S/C8H12IN3OS/c1-2-12-3-4-13-6(5-12)7-10-8(9)14-11-7/h6H,2-5H2,1H3. The second-order valence-corrected chi connectivity index (χ2v) is 5.66. The summed E-state index contributed by atoms with van der Waals surface area (Å²) in [6.45, 7) is 5.97. The quantitative estimate of drug-likeness (QED) is 0.773. The number of rotatable bonds is 2. The number of halogens is 1. The molecule has 0 N–H and O–H groups in total. The Labute approximate surface area is 101 Å². The molecular weight excluding hydrogens is 313 g/mol. The molecule has 1 aromatic rings. The summed E-state index contributed by atoms with van der Waals surface area (Å²) in [5.41, 5.74) is 0. The third kappa shape index (κ3) is 2.41. The van der Waals surface area contributed by atoms with Gasteiger partial charge < -0.3 is 4.74 Å². The van der Waals surface area contributed by atoms with Crippen molar-refractivity contribution in [1.29, 1.82) is 0 Å². The molecule has 0 spiro atoms. The molecule has 1 fully saturated rings. The summed E-state index contributed by atoms with van der Waals surface area (Å²) in [5.74, 6) is 0.845. The van der Waals surface area contributed by atoms with E-state index >= 15 is 0 Å². The Morgan fingerprint density at radius 1 is 1.71 bits per heavy atom. The van der Waals surface area contributed by atoms with Crippen molar-refractivity contribution in [3.8, 4) is 0 Å². The fourth-order valence-corrected chi connectivity index (χ4v) is 2.50. The molecule has 1 atom stereocenters. The summed E-state index contributed by atoms with van der Waals surface area (Å²) in [6, 6.07) is 0. The summed E-state index contributed by atoms with van der Waals surface area (Å²) < 4.78 is 10.9. The molecule has 2 rings (SSSR count). The highest BCUT2D eigenvalue weighted by Crippen LogP contribution is 2.21. The zero-order valence-corrected chi connectivity index (χ0v) is 10.9. The maximum atomic E-state index is 5.65. The van der Waals surface area contributed by atoms with Crippen molar-refractivity contribution < 1.29 is 4.74 Å². The first-order valence-electron chi connectivity index (χ1n) is 4.62. The molecule has 0 amide bonds. The first-order chi connectivity index (χ1) is 6.79. The van der Waals surface area contributed by atoms with Gasteiger partial charge in [-0.15, -0.1) is 0 Å². The van der Waals surface area contributed by atoms with Gasteiger partial charge in [-0.1, -0.05) is 6.92 Å². The molecule has 0 aliphatic carbocycles. The SMILES string of the molecule is CCN1CCOC(c2nsc(I)n2)C1. The fourth-order valence-electron chi connectivity index (χ4n) is 1.49. The van der Waals surface area contributed by atoms with E-state index in [1.54, 1.807) is 0 Å². The lowest BCUT2D eigenvalue weighted by Crippen LogP contribution is -2.38. The largest absolute Gasteiger partial charge is 0.367 e. The smallest absolute Gasteiger partial charge is 0.174 e. The van der Waals surface area contributed by atoms with Crippen molar-refractivity contribution in [2.24, 2.45) is 0 Å². The lowest BCUT2D eigenvalue weighted by molar-refractivity contribution is -0.0320. The van der Waals surface area contributed by atoms with E-state index in [0.717, 1.165) is 35.1 Å². The van der Waals surface area contributed by atoms with Gasteiger partial charge in [0.15, 0.2) is 8.84 Å². The molecular formula is C8H12IN3OS. The van der Waals surface area contributed by atoms with Crippen LogP contribution in [0.5, 0.6) is 0 Å². The van der Waals surface area contributed by atoms with Gasteiger partial charge in [-0.3, -0.25) is 4.90 Å². The summed E-state index contributed by atoms with van der Waals surface area (Å²) in [7, 11) is 0. The normalized spacial score (nSPS) is 24.0. The topological polar surface area (TPSA) is 38.2 Å². The third-order valence-corrected chi connectivity index (χ3v) is 3.66. The molecule has 6 heteroatoms. The molecule has 2 heterocycles. The molecule has 14 heavy (non-hydrogen) atoms. The fraction of sp³-hybridized carbons (Fsp3) is 0.750. The number of aromatic nitrogens is 2. The van der Waals surface area contributed by atoms with E-state index in [1.807, 2.05) is 0 Å². The zero-order valence-electron chi connectivity index (χ0n) is 7.94. The molecule has 1 aromatic heterocycles. The predicted octanol–water partition coefficient (Wildman–Crippen LogP) is 1.54. The number of hydrogen-bond donors (Lipinski definition) is 0. The maximum absolute atomic E-state index is 5.65. The van der Waals surface area contributed by atoms with Gasteiger partial charge in [0.1, 0.15) is 6.10 Å². The van der Waals surface area contributed by atoms with Gasteiger partial charge >= 0.3 is 0 Å². The van der Waals surface area contributed by atoms with Gasteiger partial charge in [-0.05, 0) is 40.7 Å². The van der Waals surface area contributed by atoms with Crippen molar-refractivity contribution in [3.05, 3.63) is 8.84 Å². The van der Waals surface area contributed by atoms with Crippen LogP contribution in [0.1, 0.15) is 18.9 Å². The number of morpholine rings is 1. The lowest BCUT2D eigenvalue weighted by atomic mass is 10.2. The second-order valence-electron chi connectivity index (χ2n) is 3.16. The molecule has 1 aliphatic rings. The van der Waals surface area contributed by atoms with Gasteiger partial charge in [-0.2, -0.15) is 4.37 Å². The average molecular weight is 325 g/mol. The highest BCUT2D eigenvalue weighted by Gasteiger charge is 2.24. The van der Waals surface area contributed by atoms with Gasteiger partial charge in [0.25, 0.3) is 0 Å². The lowest BCUT2D eigenvalue weighted by Gasteiger charge is -2.30. The van der Waals surface area contributed by atoms with E-state index in [1.165, 1.54) is 11.5 Å². The van der Waals surface area contributed by atoms with Crippen LogP contribution in [0.25, 0.3) is 0 Å². The minimum absolute atomic E-state index is 0.0727. The van der Waals surface area contributed by atoms with Gasteiger partial charge in [0, 0.05) is 13.1 Å². The Balaban J connectivity index is 2.04. The molecule has 1 saturated heterocycles. The van der Waals surface area contributed by atoms with Crippen LogP contribution in [-0.4, -0.2) is 40.5 Å². The summed E-state index contributed by atoms with van der Waals surface area (Å²) in [6.07, 6.45) is 0.0727. The van der Waals surface area contributed by atoms with Crippen LogP contribution in [0.2, 0.25) is 0 Å². The van der Waals surface area contributed by atoms with E-state index in [0.29, 0.717) is 0 Å². The third-order valence-electron chi connectivity index (χ3n) is 2.30. The van der Waals surface area contributed by atoms with Crippen LogP contribution < -0.4 is 0 Å². The molecule has 0 aromatic carbocycles. The second kappa shape index (κ2) is 4.82. The Hall–Kier alpha value is 0.210.